The first-order valence-corrected chi connectivity index (χ1v) is 8.04. The molecule has 0 spiro atoms. The number of thioether (sulfide) groups is 1. The lowest BCUT2D eigenvalue weighted by Crippen LogP contribution is -2.30. The Morgan fingerprint density at radius 1 is 1.17 bits per heavy atom. The molecule has 0 saturated carbocycles. The Balaban J connectivity index is 1.63. The molecular weight excluding hydrogens is 314 g/mol. The maximum Gasteiger partial charge on any atom is 0.359 e. The van der Waals surface area contributed by atoms with Gasteiger partial charge in [-0.15, -0.1) is 11.8 Å². The quantitative estimate of drug-likeness (QED) is 0.474. The number of aromatic nitrogens is 2. The van der Waals surface area contributed by atoms with E-state index in [9.17, 15) is 9.59 Å². The van der Waals surface area contributed by atoms with Crippen LogP contribution in [0.4, 0.5) is 0 Å². The van der Waals surface area contributed by atoms with Gasteiger partial charge in [0.1, 0.15) is 0 Å². The third-order valence-electron chi connectivity index (χ3n) is 2.76. The van der Waals surface area contributed by atoms with Crippen molar-refractivity contribution in [1.29, 1.82) is 0 Å². The van der Waals surface area contributed by atoms with Crippen LogP contribution in [-0.4, -0.2) is 40.7 Å². The Morgan fingerprint density at radius 3 is 2.65 bits per heavy atom. The minimum absolute atomic E-state index is 0.0861. The zero-order valence-corrected chi connectivity index (χ0v) is 13.5. The van der Waals surface area contributed by atoms with Crippen LogP contribution in [0, 0.1) is 6.92 Å². The molecule has 0 radical (unpaired) electrons. The van der Waals surface area contributed by atoms with E-state index in [0.717, 1.165) is 10.6 Å². The fourth-order valence-electron chi connectivity index (χ4n) is 1.63. The van der Waals surface area contributed by atoms with Gasteiger partial charge in [0.15, 0.2) is 12.3 Å². The summed E-state index contributed by atoms with van der Waals surface area (Å²) in [4.78, 5) is 32.3. The van der Waals surface area contributed by atoms with Gasteiger partial charge in [-0.2, -0.15) is 0 Å². The zero-order chi connectivity index (χ0) is 16.5. The van der Waals surface area contributed by atoms with Gasteiger partial charge in [0, 0.05) is 23.4 Å². The summed E-state index contributed by atoms with van der Waals surface area (Å²) < 4.78 is 4.88. The van der Waals surface area contributed by atoms with Crippen molar-refractivity contribution in [2.45, 2.75) is 11.8 Å². The number of aryl methyl sites for hydroxylation is 1. The molecule has 2 rings (SSSR count). The second-order valence-electron chi connectivity index (χ2n) is 4.63. The number of carbonyl (C=O) groups excluding carboxylic acids is 2. The van der Waals surface area contributed by atoms with Gasteiger partial charge < -0.3 is 10.1 Å². The van der Waals surface area contributed by atoms with Crippen LogP contribution in [0.3, 0.4) is 0 Å². The van der Waals surface area contributed by atoms with Gasteiger partial charge in [0.25, 0.3) is 5.91 Å². The van der Waals surface area contributed by atoms with E-state index in [1.54, 1.807) is 18.7 Å². The van der Waals surface area contributed by atoms with Crippen molar-refractivity contribution in [2.75, 3.05) is 18.9 Å². The molecule has 1 aromatic heterocycles. The summed E-state index contributed by atoms with van der Waals surface area (Å²) in [5.74, 6) is -0.258. The number of esters is 1. The Bertz CT molecular complexity index is 647. The van der Waals surface area contributed by atoms with Crippen LogP contribution in [0.15, 0.2) is 47.6 Å². The van der Waals surface area contributed by atoms with Crippen molar-refractivity contribution in [2.24, 2.45) is 0 Å². The molecule has 1 heterocycles. The topological polar surface area (TPSA) is 81.2 Å². The number of benzene rings is 1. The van der Waals surface area contributed by atoms with E-state index in [4.69, 9.17) is 4.74 Å². The van der Waals surface area contributed by atoms with E-state index in [0.29, 0.717) is 12.2 Å². The van der Waals surface area contributed by atoms with Crippen LogP contribution in [0.5, 0.6) is 0 Å². The number of ether oxygens (including phenoxy) is 1. The summed E-state index contributed by atoms with van der Waals surface area (Å²) in [5, 5.41) is 2.70. The van der Waals surface area contributed by atoms with Crippen LogP contribution >= 0.6 is 11.8 Å². The summed E-state index contributed by atoms with van der Waals surface area (Å²) in [5.41, 5.74) is 0.790. The first kappa shape index (κ1) is 17.0. The molecule has 1 aromatic carbocycles. The molecule has 0 bridgehead atoms. The van der Waals surface area contributed by atoms with E-state index >= 15 is 0 Å². The summed E-state index contributed by atoms with van der Waals surface area (Å²) >= 11 is 1.64. The molecule has 0 unspecified atom stereocenters. The van der Waals surface area contributed by atoms with Gasteiger partial charge in [-0.1, -0.05) is 18.2 Å². The molecule has 23 heavy (non-hydrogen) atoms. The molecule has 0 aliphatic heterocycles. The highest BCUT2D eigenvalue weighted by atomic mass is 32.2. The van der Waals surface area contributed by atoms with Crippen LogP contribution < -0.4 is 5.32 Å². The van der Waals surface area contributed by atoms with Crippen LogP contribution in [0.2, 0.25) is 0 Å². The molecule has 0 saturated heterocycles. The minimum atomic E-state index is -0.661. The summed E-state index contributed by atoms with van der Waals surface area (Å²) in [7, 11) is 0. The lowest BCUT2D eigenvalue weighted by Gasteiger charge is -2.06. The third-order valence-corrected chi connectivity index (χ3v) is 3.77. The first-order valence-electron chi connectivity index (χ1n) is 7.05. The van der Waals surface area contributed by atoms with Gasteiger partial charge in [-0.25, -0.2) is 9.78 Å². The Hall–Kier alpha value is -2.41. The Morgan fingerprint density at radius 2 is 1.96 bits per heavy atom. The number of amides is 1. The molecule has 2 aromatic rings. The minimum Gasteiger partial charge on any atom is -0.451 e. The molecule has 6 nitrogen and oxygen atoms in total. The van der Waals surface area contributed by atoms with Crippen LogP contribution in [-0.2, 0) is 9.53 Å². The van der Waals surface area contributed by atoms with Gasteiger partial charge in [0.2, 0.25) is 0 Å². The number of nitrogens with one attached hydrogen (secondary N) is 1. The lowest BCUT2D eigenvalue weighted by molar-refractivity contribution is -0.124. The number of carbonyl (C=O) groups is 2. The second-order valence-corrected chi connectivity index (χ2v) is 5.80. The normalized spacial score (nSPS) is 10.1. The molecule has 1 amide bonds. The van der Waals surface area contributed by atoms with Crippen LogP contribution in [0.1, 0.15) is 16.2 Å². The predicted octanol–water partition coefficient (Wildman–Crippen LogP) is 1.85. The van der Waals surface area contributed by atoms with Crippen molar-refractivity contribution in [3.63, 3.8) is 0 Å². The van der Waals surface area contributed by atoms with Gasteiger partial charge in [-0.05, 0) is 19.1 Å². The molecule has 0 aliphatic carbocycles. The fourth-order valence-corrected chi connectivity index (χ4v) is 2.42. The third kappa shape index (κ3) is 6.07. The molecule has 120 valence electrons. The fraction of sp³-hybridized carbons (Fsp3) is 0.250. The van der Waals surface area contributed by atoms with Crippen molar-refractivity contribution in [1.82, 2.24) is 15.3 Å². The van der Waals surface area contributed by atoms with Crippen molar-refractivity contribution in [3.05, 3.63) is 54.1 Å². The molecule has 0 fully saturated rings. The number of nitrogens with zero attached hydrogens (tertiary/aromatic N) is 2. The van der Waals surface area contributed by atoms with E-state index in [-0.39, 0.29) is 18.2 Å². The molecule has 7 heteroatoms. The highest BCUT2D eigenvalue weighted by Crippen LogP contribution is 2.15. The monoisotopic (exact) mass is 331 g/mol. The predicted molar refractivity (Wildman–Crippen MR) is 87.2 cm³/mol. The van der Waals surface area contributed by atoms with Crippen molar-refractivity contribution >= 4 is 23.6 Å². The van der Waals surface area contributed by atoms with E-state index in [1.807, 2.05) is 30.3 Å². The standard InChI is InChI=1S/C16H17N3O3S/c1-12-9-19-14(10-18-12)16(21)22-11-15(20)17-7-8-23-13-5-3-2-4-6-13/h2-6,9-10H,7-8,11H2,1H3,(H,17,20). The smallest absolute Gasteiger partial charge is 0.359 e. The van der Waals surface area contributed by atoms with E-state index in [1.165, 1.54) is 12.4 Å². The van der Waals surface area contributed by atoms with Gasteiger partial charge in [-0.3, -0.25) is 9.78 Å². The summed E-state index contributed by atoms with van der Waals surface area (Å²) in [6.07, 6.45) is 2.80. The highest BCUT2D eigenvalue weighted by molar-refractivity contribution is 7.99. The van der Waals surface area contributed by atoms with Gasteiger partial charge in [0.05, 0.1) is 11.9 Å². The average molecular weight is 331 g/mol. The molecule has 1 N–H and O–H groups in total. The van der Waals surface area contributed by atoms with Crippen molar-refractivity contribution < 1.29 is 14.3 Å². The number of hydrogen-bond acceptors (Lipinski definition) is 6. The summed E-state index contributed by atoms with van der Waals surface area (Å²) in [6, 6.07) is 9.91. The largest absolute Gasteiger partial charge is 0.451 e. The Labute approximate surface area is 138 Å². The zero-order valence-electron chi connectivity index (χ0n) is 12.7. The summed E-state index contributed by atoms with van der Waals surface area (Å²) in [6.45, 7) is 1.94. The van der Waals surface area contributed by atoms with Gasteiger partial charge >= 0.3 is 5.97 Å². The average Bonchev–Trinajstić information content (AvgIpc) is 2.58. The maximum atomic E-state index is 11.7. The lowest BCUT2D eigenvalue weighted by atomic mass is 10.4. The molecule has 0 atom stereocenters. The second kappa shape index (κ2) is 8.89. The maximum absolute atomic E-state index is 11.7. The van der Waals surface area contributed by atoms with Crippen LogP contribution in [0.25, 0.3) is 0 Å². The highest BCUT2D eigenvalue weighted by Gasteiger charge is 2.11. The molecule has 0 aliphatic rings. The number of hydrogen-bond donors (Lipinski definition) is 1. The van der Waals surface area contributed by atoms with E-state index in [2.05, 4.69) is 15.3 Å². The first-order chi connectivity index (χ1) is 11.1. The SMILES string of the molecule is Cc1cnc(C(=O)OCC(=O)NCCSc2ccccc2)cn1. The van der Waals surface area contributed by atoms with E-state index < -0.39 is 5.97 Å². The molecular formula is C16H17N3O3S. The van der Waals surface area contributed by atoms with Crippen molar-refractivity contribution in [3.8, 4) is 0 Å². The Kier molecular flexibility index (Phi) is 6.56. The number of rotatable bonds is 7.